The molecule has 19 heavy (non-hydrogen) atoms. The summed E-state index contributed by atoms with van der Waals surface area (Å²) in [6.07, 6.45) is 3.84. The average Bonchev–Trinajstić information content (AvgIpc) is 2.37. The zero-order valence-corrected chi connectivity index (χ0v) is 11.3. The Balaban J connectivity index is 2.25. The Morgan fingerprint density at radius 2 is 2.11 bits per heavy atom. The van der Waals surface area contributed by atoms with Crippen molar-refractivity contribution in [3.8, 4) is 0 Å². The lowest BCUT2D eigenvalue weighted by atomic mass is 10.2. The molecule has 104 valence electrons. The molecule has 1 aromatic rings. The van der Waals surface area contributed by atoms with Gasteiger partial charge in [-0.3, -0.25) is 0 Å². The van der Waals surface area contributed by atoms with Crippen LogP contribution in [0.1, 0.15) is 12.0 Å². The molecule has 0 saturated heterocycles. The van der Waals surface area contributed by atoms with Crippen LogP contribution >= 0.6 is 0 Å². The lowest BCUT2D eigenvalue weighted by molar-refractivity contribution is 0.243. The van der Waals surface area contributed by atoms with E-state index in [1.807, 2.05) is 14.1 Å². The van der Waals surface area contributed by atoms with Crippen LogP contribution in [0, 0.1) is 5.82 Å². The average molecular weight is 265 g/mol. The van der Waals surface area contributed by atoms with E-state index in [-0.39, 0.29) is 11.8 Å². The molecule has 0 bridgehead atoms. The van der Waals surface area contributed by atoms with E-state index in [2.05, 4.69) is 15.5 Å². The van der Waals surface area contributed by atoms with Crippen molar-refractivity contribution in [3.05, 3.63) is 41.8 Å². The number of urea groups is 1. The maximum atomic E-state index is 13.3. The van der Waals surface area contributed by atoms with E-state index in [9.17, 15) is 9.18 Å². The van der Waals surface area contributed by atoms with Gasteiger partial charge in [-0.1, -0.05) is 18.2 Å². The van der Waals surface area contributed by atoms with Gasteiger partial charge in [0.25, 0.3) is 0 Å². The maximum absolute atomic E-state index is 13.3. The first-order valence-electron chi connectivity index (χ1n) is 6.20. The molecule has 5 heteroatoms. The van der Waals surface area contributed by atoms with Crippen LogP contribution in [0.3, 0.4) is 0 Å². The van der Waals surface area contributed by atoms with Crippen LogP contribution in [-0.4, -0.2) is 38.1 Å². The van der Waals surface area contributed by atoms with Crippen LogP contribution in [0.25, 0.3) is 6.08 Å². The minimum atomic E-state index is -0.313. The summed E-state index contributed by atoms with van der Waals surface area (Å²) in [6, 6.07) is 6.09. The summed E-state index contributed by atoms with van der Waals surface area (Å²) in [4.78, 5) is 13.4. The fraction of sp³-hybridized carbons (Fsp3) is 0.357. The van der Waals surface area contributed by atoms with Crippen molar-refractivity contribution in [1.29, 1.82) is 0 Å². The number of carbonyl (C=O) groups is 1. The van der Waals surface area contributed by atoms with Crippen molar-refractivity contribution in [3.63, 3.8) is 0 Å². The van der Waals surface area contributed by atoms with Gasteiger partial charge in [0.1, 0.15) is 5.82 Å². The van der Waals surface area contributed by atoms with Gasteiger partial charge in [0.05, 0.1) is 0 Å². The molecule has 0 radical (unpaired) electrons. The van der Waals surface area contributed by atoms with Gasteiger partial charge in [-0.15, -0.1) is 0 Å². The van der Waals surface area contributed by atoms with Crippen molar-refractivity contribution < 1.29 is 9.18 Å². The summed E-state index contributed by atoms with van der Waals surface area (Å²) in [5.41, 5.74) is 0.440. The first-order chi connectivity index (χ1) is 9.09. The van der Waals surface area contributed by atoms with Gasteiger partial charge in [-0.25, -0.2) is 9.18 Å². The second-order valence-corrected chi connectivity index (χ2v) is 4.41. The predicted molar refractivity (Wildman–Crippen MR) is 75.1 cm³/mol. The zero-order chi connectivity index (χ0) is 14.1. The third kappa shape index (κ3) is 6.57. The highest BCUT2D eigenvalue weighted by Gasteiger charge is 1.98. The Morgan fingerprint density at radius 1 is 1.37 bits per heavy atom. The Bertz CT molecular complexity index is 432. The van der Waals surface area contributed by atoms with E-state index in [4.69, 9.17) is 0 Å². The standard InChI is InChI=1S/C14H20FN3O/c1-18(2)11-5-9-16-14(19)17-10-8-12-6-3-4-7-13(12)15/h3-4,6-8,10H,5,9,11H2,1-2H3,(H2,16,17,19)/b10-8+. The largest absolute Gasteiger partial charge is 0.338 e. The number of hydrogen-bond acceptors (Lipinski definition) is 2. The van der Waals surface area contributed by atoms with Gasteiger partial charge in [-0.05, 0) is 39.2 Å². The zero-order valence-electron chi connectivity index (χ0n) is 11.3. The molecular formula is C14H20FN3O. The molecule has 1 aromatic carbocycles. The first-order valence-corrected chi connectivity index (χ1v) is 6.20. The quantitative estimate of drug-likeness (QED) is 0.773. The summed E-state index contributed by atoms with van der Waals surface area (Å²) >= 11 is 0. The van der Waals surface area contributed by atoms with Crippen LogP contribution < -0.4 is 10.6 Å². The third-order valence-corrected chi connectivity index (χ3v) is 2.45. The second kappa shape index (κ2) is 8.26. The SMILES string of the molecule is CN(C)CCCNC(=O)N/C=C/c1ccccc1F. The third-order valence-electron chi connectivity index (χ3n) is 2.45. The number of rotatable bonds is 6. The molecule has 0 atom stereocenters. The van der Waals surface area contributed by atoms with Crippen molar-refractivity contribution >= 4 is 12.1 Å². The molecule has 0 spiro atoms. The van der Waals surface area contributed by atoms with E-state index in [1.165, 1.54) is 18.3 Å². The number of hydrogen-bond donors (Lipinski definition) is 2. The fourth-order valence-electron chi connectivity index (χ4n) is 1.47. The topological polar surface area (TPSA) is 44.4 Å². The fourth-order valence-corrected chi connectivity index (χ4v) is 1.47. The summed E-state index contributed by atoms with van der Waals surface area (Å²) in [7, 11) is 3.97. The molecule has 0 heterocycles. The minimum absolute atomic E-state index is 0.286. The van der Waals surface area contributed by atoms with Crippen molar-refractivity contribution in [2.75, 3.05) is 27.2 Å². The molecule has 4 nitrogen and oxygen atoms in total. The van der Waals surface area contributed by atoms with E-state index >= 15 is 0 Å². The molecule has 0 aromatic heterocycles. The van der Waals surface area contributed by atoms with Crippen LogP contribution in [0.2, 0.25) is 0 Å². The van der Waals surface area contributed by atoms with Gasteiger partial charge < -0.3 is 15.5 Å². The van der Waals surface area contributed by atoms with E-state index in [0.29, 0.717) is 12.1 Å². The molecule has 0 saturated carbocycles. The van der Waals surface area contributed by atoms with Gasteiger partial charge in [0.2, 0.25) is 0 Å². The van der Waals surface area contributed by atoms with Gasteiger partial charge >= 0.3 is 6.03 Å². The number of nitrogens with one attached hydrogen (secondary N) is 2. The Labute approximate surface area is 113 Å². The Kier molecular flexibility index (Phi) is 6.60. The summed E-state index contributed by atoms with van der Waals surface area (Å²) in [5, 5.41) is 5.25. The van der Waals surface area contributed by atoms with Crippen molar-refractivity contribution in [1.82, 2.24) is 15.5 Å². The van der Waals surface area contributed by atoms with Crippen molar-refractivity contribution in [2.24, 2.45) is 0 Å². The highest BCUT2D eigenvalue weighted by molar-refractivity contribution is 5.75. The highest BCUT2D eigenvalue weighted by atomic mass is 19.1. The van der Waals surface area contributed by atoms with Gasteiger partial charge in [-0.2, -0.15) is 0 Å². The lowest BCUT2D eigenvalue weighted by Gasteiger charge is -2.09. The van der Waals surface area contributed by atoms with E-state index in [0.717, 1.165) is 13.0 Å². The molecule has 0 aliphatic carbocycles. The van der Waals surface area contributed by atoms with Crippen LogP contribution in [-0.2, 0) is 0 Å². The molecule has 0 aliphatic heterocycles. The number of benzene rings is 1. The summed E-state index contributed by atoms with van der Waals surface area (Å²) < 4.78 is 13.3. The minimum Gasteiger partial charge on any atom is -0.338 e. The molecule has 0 aliphatic rings. The van der Waals surface area contributed by atoms with Gasteiger partial charge in [0.15, 0.2) is 0 Å². The molecule has 1 rings (SSSR count). The van der Waals surface area contributed by atoms with Gasteiger partial charge in [0, 0.05) is 18.3 Å². The summed E-state index contributed by atoms with van der Waals surface area (Å²) in [6.45, 7) is 1.53. The van der Waals surface area contributed by atoms with Crippen LogP contribution in [0.4, 0.5) is 9.18 Å². The maximum Gasteiger partial charge on any atom is 0.318 e. The van der Waals surface area contributed by atoms with E-state index < -0.39 is 0 Å². The monoisotopic (exact) mass is 265 g/mol. The smallest absolute Gasteiger partial charge is 0.318 e. The van der Waals surface area contributed by atoms with Crippen molar-refractivity contribution in [2.45, 2.75) is 6.42 Å². The molecular weight excluding hydrogens is 245 g/mol. The Morgan fingerprint density at radius 3 is 2.79 bits per heavy atom. The Hall–Kier alpha value is -1.88. The number of nitrogens with zero attached hydrogens (tertiary/aromatic N) is 1. The molecule has 0 unspecified atom stereocenters. The second-order valence-electron chi connectivity index (χ2n) is 4.41. The van der Waals surface area contributed by atoms with E-state index in [1.54, 1.807) is 18.2 Å². The number of halogens is 1. The number of amides is 2. The highest BCUT2D eigenvalue weighted by Crippen LogP contribution is 2.07. The van der Waals surface area contributed by atoms with Crippen LogP contribution in [0.15, 0.2) is 30.5 Å². The van der Waals surface area contributed by atoms with Crippen LogP contribution in [0.5, 0.6) is 0 Å². The number of carbonyl (C=O) groups excluding carboxylic acids is 1. The molecule has 2 amide bonds. The summed E-state index contributed by atoms with van der Waals surface area (Å²) in [5.74, 6) is -0.313. The molecule has 0 fully saturated rings. The lowest BCUT2D eigenvalue weighted by Crippen LogP contribution is -2.33. The molecule has 2 N–H and O–H groups in total. The first kappa shape index (κ1) is 15.2. The predicted octanol–water partition coefficient (Wildman–Crippen LogP) is 2.05. The normalized spacial score (nSPS) is 10.9.